The largest absolute Gasteiger partial charge is 0.381 e. The van der Waals surface area contributed by atoms with Gasteiger partial charge >= 0.3 is 0 Å². The summed E-state index contributed by atoms with van der Waals surface area (Å²) in [4.78, 5) is 14.7. The second-order valence-electron chi connectivity index (χ2n) is 6.11. The van der Waals surface area contributed by atoms with Gasteiger partial charge in [0.05, 0.1) is 0 Å². The van der Waals surface area contributed by atoms with Gasteiger partial charge in [0, 0.05) is 38.9 Å². The molecule has 2 aliphatic rings. The number of nitrogens with zero attached hydrogens (tertiary/aromatic N) is 1. The van der Waals surface area contributed by atoms with E-state index in [1.165, 1.54) is 11.1 Å². The molecule has 0 atom stereocenters. The number of rotatable bonds is 3. The predicted molar refractivity (Wildman–Crippen MR) is 82.4 cm³/mol. The van der Waals surface area contributed by atoms with Gasteiger partial charge in [-0.1, -0.05) is 12.1 Å². The highest BCUT2D eigenvalue weighted by molar-refractivity contribution is 5.96. The van der Waals surface area contributed by atoms with Gasteiger partial charge in [-0.05, 0) is 48.9 Å². The van der Waals surface area contributed by atoms with Gasteiger partial charge in [-0.15, -0.1) is 0 Å². The highest BCUT2D eigenvalue weighted by Crippen LogP contribution is 2.21. The fraction of sp³-hybridized carbons (Fsp3) is 0.588. The standard InChI is InChI=1S/C17H24N2O2/c1-19(12-13-6-9-21-10-7-13)17(20)16-4-2-3-14-11-18-8-5-15(14)16/h2-4,13,18H,5-12H2,1H3. The number of carbonyl (C=O) groups is 1. The monoisotopic (exact) mass is 288 g/mol. The molecule has 2 aliphatic heterocycles. The molecule has 1 fully saturated rings. The van der Waals surface area contributed by atoms with Crippen molar-refractivity contribution in [1.29, 1.82) is 0 Å². The molecule has 0 unspecified atom stereocenters. The minimum Gasteiger partial charge on any atom is -0.381 e. The highest BCUT2D eigenvalue weighted by atomic mass is 16.5. The molecule has 0 aromatic heterocycles. The molecule has 3 rings (SSSR count). The zero-order chi connectivity index (χ0) is 14.7. The summed E-state index contributed by atoms with van der Waals surface area (Å²) in [5, 5.41) is 3.36. The van der Waals surface area contributed by atoms with Crippen molar-refractivity contribution in [1.82, 2.24) is 10.2 Å². The molecule has 4 heteroatoms. The van der Waals surface area contributed by atoms with Crippen molar-refractivity contribution >= 4 is 5.91 Å². The Morgan fingerprint density at radius 2 is 2.19 bits per heavy atom. The topological polar surface area (TPSA) is 41.6 Å². The molecule has 0 radical (unpaired) electrons. The number of nitrogens with one attached hydrogen (secondary N) is 1. The van der Waals surface area contributed by atoms with Gasteiger partial charge < -0.3 is 15.0 Å². The molecular formula is C17H24N2O2. The SMILES string of the molecule is CN(CC1CCOCC1)C(=O)c1cccc2c1CCNC2. The van der Waals surface area contributed by atoms with Crippen LogP contribution in [0.4, 0.5) is 0 Å². The van der Waals surface area contributed by atoms with Crippen LogP contribution in [0.25, 0.3) is 0 Å². The van der Waals surface area contributed by atoms with Gasteiger partial charge in [-0.25, -0.2) is 0 Å². The summed E-state index contributed by atoms with van der Waals surface area (Å²) in [6.07, 6.45) is 3.07. The van der Waals surface area contributed by atoms with Crippen LogP contribution < -0.4 is 5.32 Å². The van der Waals surface area contributed by atoms with E-state index in [1.807, 2.05) is 24.1 Å². The molecule has 4 nitrogen and oxygen atoms in total. The smallest absolute Gasteiger partial charge is 0.253 e. The summed E-state index contributed by atoms with van der Waals surface area (Å²) in [7, 11) is 1.93. The van der Waals surface area contributed by atoms with Crippen molar-refractivity contribution in [2.24, 2.45) is 5.92 Å². The Balaban J connectivity index is 1.72. The molecule has 1 N–H and O–H groups in total. The number of hydrogen-bond acceptors (Lipinski definition) is 3. The van der Waals surface area contributed by atoms with Gasteiger partial charge in [0.25, 0.3) is 5.91 Å². The van der Waals surface area contributed by atoms with Crippen molar-refractivity contribution < 1.29 is 9.53 Å². The van der Waals surface area contributed by atoms with Crippen molar-refractivity contribution in [3.05, 3.63) is 34.9 Å². The second-order valence-corrected chi connectivity index (χ2v) is 6.11. The van der Waals surface area contributed by atoms with Gasteiger partial charge in [0.2, 0.25) is 0 Å². The molecule has 1 amide bonds. The first kappa shape index (κ1) is 14.5. The molecule has 1 aromatic carbocycles. The molecule has 21 heavy (non-hydrogen) atoms. The first-order valence-corrected chi connectivity index (χ1v) is 7.90. The van der Waals surface area contributed by atoms with E-state index in [1.54, 1.807) is 0 Å². The zero-order valence-electron chi connectivity index (χ0n) is 12.7. The van der Waals surface area contributed by atoms with Crippen LogP contribution in [0.5, 0.6) is 0 Å². The summed E-state index contributed by atoms with van der Waals surface area (Å²) in [5.41, 5.74) is 3.40. The van der Waals surface area contributed by atoms with Crippen LogP contribution in [-0.2, 0) is 17.7 Å². The average Bonchev–Trinajstić information content (AvgIpc) is 2.54. The van der Waals surface area contributed by atoms with E-state index in [9.17, 15) is 4.79 Å². The Morgan fingerprint density at radius 1 is 1.38 bits per heavy atom. The van der Waals surface area contributed by atoms with Crippen LogP contribution >= 0.6 is 0 Å². The van der Waals surface area contributed by atoms with Crippen molar-refractivity contribution in [2.45, 2.75) is 25.8 Å². The Kier molecular flexibility index (Phi) is 4.56. The first-order valence-electron chi connectivity index (χ1n) is 7.90. The van der Waals surface area contributed by atoms with E-state index < -0.39 is 0 Å². The average molecular weight is 288 g/mol. The molecule has 0 aliphatic carbocycles. The minimum absolute atomic E-state index is 0.167. The maximum Gasteiger partial charge on any atom is 0.253 e. The summed E-state index contributed by atoms with van der Waals surface area (Å²) in [6, 6.07) is 6.10. The Bertz CT molecular complexity index is 510. The van der Waals surface area contributed by atoms with Gasteiger partial charge in [-0.3, -0.25) is 4.79 Å². The predicted octanol–water partition coefficient (Wildman–Crippen LogP) is 1.83. The summed E-state index contributed by atoms with van der Waals surface area (Å²) < 4.78 is 5.39. The second kappa shape index (κ2) is 6.58. The van der Waals surface area contributed by atoms with Crippen LogP contribution in [0, 0.1) is 5.92 Å². The highest BCUT2D eigenvalue weighted by Gasteiger charge is 2.22. The molecule has 0 saturated carbocycles. The lowest BCUT2D eigenvalue weighted by Gasteiger charge is -2.28. The Morgan fingerprint density at radius 3 is 3.00 bits per heavy atom. The van der Waals surface area contributed by atoms with E-state index in [-0.39, 0.29) is 5.91 Å². The lowest BCUT2D eigenvalue weighted by atomic mass is 9.94. The number of fused-ring (bicyclic) bond motifs is 1. The van der Waals surface area contributed by atoms with Crippen LogP contribution in [0.2, 0.25) is 0 Å². The summed E-state index contributed by atoms with van der Waals surface area (Å²) >= 11 is 0. The van der Waals surface area contributed by atoms with Gasteiger partial charge in [0.15, 0.2) is 0 Å². The molecule has 1 aromatic rings. The normalized spacial score (nSPS) is 19.1. The Hall–Kier alpha value is -1.39. The Labute approximate surface area is 126 Å². The first-order chi connectivity index (χ1) is 10.3. The van der Waals surface area contributed by atoms with E-state index in [2.05, 4.69) is 11.4 Å². The van der Waals surface area contributed by atoms with Crippen molar-refractivity contribution in [2.75, 3.05) is 33.4 Å². The molecular weight excluding hydrogens is 264 g/mol. The molecule has 0 bridgehead atoms. The van der Waals surface area contributed by atoms with Crippen molar-refractivity contribution in [3.8, 4) is 0 Å². The number of ether oxygens (including phenoxy) is 1. The van der Waals surface area contributed by atoms with Gasteiger partial charge in [0.1, 0.15) is 0 Å². The third-order valence-corrected chi connectivity index (χ3v) is 4.59. The fourth-order valence-corrected chi connectivity index (χ4v) is 3.34. The third kappa shape index (κ3) is 3.27. The quantitative estimate of drug-likeness (QED) is 0.922. The number of amides is 1. The van der Waals surface area contributed by atoms with E-state index >= 15 is 0 Å². The number of carbonyl (C=O) groups excluding carboxylic acids is 1. The van der Waals surface area contributed by atoms with Crippen LogP contribution in [0.15, 0.2) is 18.2 Å². The maximum atomic E-state index is 12.8. The van der Waals surface area contributed by atoms with Crippen LogP contribution in [0.3, 0.4) is 0 Å². The molecule has 1 saturated heterocycles. The van der Waals surface area contributed by atoms with Crippen LogP contribution in [-0.4, -0.2) is 44.2 Å². The lowest BCUT2D eigenvalue weighted by molar-refractivity contribution is 0.0497. The van der Waals surface area contributed by atoms with E-state index in [0.29, 0.717) is 5.92 Å². The number of hydrogen-bond donors (Lipinski definition) is 1. The molecule has 2 heterocycles. The molecule has 0 spiro atoms. The maximum absolute atomic E-state index is 12.8. The fourth-order valence-electron chi connectivity index (χ4n) is 3.34. The minimum atomic E-state index is 0.167. The van der Waals surface area contributed by atoms with Crippen LogP contribution in [0.1, 0.15) is 34.3 Å². The zero-order valence-corrected chi connectivity index (χ0v) is 12.7. The van der Waals surface area contributed by atoms with E-state index in [4.69, 9.17) is 4.74 Å². The van der Waals surface area contributed by atoms with E-state index in [0.717, 1.165) is 57.7 Å². The molecule has 114 valence electrons. The summed E-state index contributed by atoms with van der Waals surface area (Å²) in [6.45, 7) is 4.34. The van der Waals surface area contributed by atoms with Gasteiger partial charge in [-0.2, -0.15) is 0 Å². The third-order valence-electron chi connectivity index (χ3n) is 4.59. The number of benzene rings is 1. The lowest BCUT2D eigenvalue weighted by Crippen LogP contribution is -2.35. The summed E-state index contributed by atoms with van der Waals surface area (Å²) in [5.74, 6) is 0.745. The van der Waals surface area contributed by atoms with Crippen molar-refractivity contribution in [3.63, 3.8) is 0 Å².